The quantitative estimate of drug-likeness (QED) is 0.588. The molecule has 0 aliphatic heterocycles. The van der Waals surface area contributed by atoms with Crippen molar-refractivity contribution in [3.8, 4) is 11.3 Å². The Hall–Kier alpha value is -1.71. The molecule has 2 nitrogen and oxygen atoms in total. The summed E-state index contributed by atoms with van der Waals surface area (Å²) in [6.07, 6.45) is 1.53. The molecule has 0 bridgehead atoms. The van der Waals surface area contributed by atoms with Crippen LogP contribution >= 0.6 is 23.2 Å². The normalized spacial score (nSPS) is 11.0. The first-order chi connectivity index (χ1) is 9.56. The zero-order valence-electron chi connectivity index (χ0n) is 10.5. The Kier molecular flexibility index (Phi) is 3.32. The summed E-state index contributed by atoms with van der Waals surface area (Å²) < 4.78 is 14.0. The summed E-state index contributed by atoms with van der Waals surface area (Å²) in [6.45, 7) is 1.83. The Balaban J connectivity index is 2.31. The predicted molar refractivity (Wildman–Crippen MR) is 79.7 cm³/mol. The van der Waals surface area contributed by atoms with Crippen LogP contribution in [-0.2, 0) is 0 Å². The Labute approximate surface area is 125 Å². The van der Waals surface area contributed by atoms with Gasteiger partial charge in [0.15, 0.2) is 0 Å². The van der Waals surface area contributed by atoms with Crippen LogP contribution in [0.2, 0.25) is 10.2 Å². The van der Waals surface area contributed by atoms with E-state index in [4.69, 9.17) is 23.2 Å². The summed E-state index contributed by atoms with van der Waals surface area (Å²) >= 11 is 12.1. The van der Waals surface area contributed by atoms with Crippen molar-refractivity contribution in [2.45, 2.75) is 6.92 Å². The standard InChI is InChI=1S/C15H9Cl2FN2/c1-8-3-2-4-11(18)15(8)12-6-10(16)9-5-14(17)19-7-13(9)20-12/h2-7H,1H3. The average molecular weight is 307 g/mol. The summed E-state index contributed by atoms with van der Waals surface area (Å²) in [6, 6.07) is 8.19. The second-order valence-corrected chi connectivity index (χ2v) is 5.24. The zero-order valence-corrected chi connectivity index (χ0v) is 12.0. The van der Waals surface area contributed by atoms with Gasteiger partial charge in [0.1, 0.15) is 11.0 Å². The summed E-state index contributed by atoms with van der Waals surface area (Å²) in [5.74, 6) is -0.324. The van der Waals surface area contributed by atoms with Gasteiger partial charge in [0, 0.05) is 10.9 Å². The van der Waals surface area contributed by atoms with Gasteiger partial charge in [0.2, 0.25) is 0 Å². The van der Waals surface area contributed by atoms with E-state index in [0.717, 1.165) is 5.56 Å². The molecule has 2 heterocycles. The molecule has 0 radical (unpaired) electrons. The Morgan fingerprint density at radius 2 is 1.95 bits per heavy atom. The number of hydrogen-bond acceptors (Lipinski definition) is 2. The number of pyridine rings is 2. The van der Waals surface area contributed by atoms with Gasteiger partial charge in [-0.1, -0.05) is 35.3 Å². The van der Waals surface area contributed by atoms with Gasteiger partial charge in [-0.15, -0.1) is 0 Å². The number of hydrogen-bond donors (Lipinski definition) is 0. The minimum Gasteiger partial charge on any atom is -0.246 e. The molecule has 100 valence electrons. The second-order valence-electron chi connectivity index (χ2n) is 4.45. The Bertz CT molecular complexity index is 798. The van der Waals surface area contributed by atoms with E-state index in [-0.39, 0.29) is 5.82 Å². The monoisotopic (exact) mass is 306 g/mol. The van der Waals surface area contributed by atoms with Crippen LogP contribution in [0.15, 0.2) is 36.5 Å². The van der Waals surface area contributed by atoms with Crippen LogP contribution in [0, 0.1) is 12.7 Å². The molecule has 3 rings (SSSR count). The fourth-order valence-corrected chi connectivity index (χ4v) is 2.56. The van der Waals surface area contributed by atoms with Crippen molar-refractivity contribution in [3.63, 3.8) is 0 Å². The summed E-state index contributed by atoms with van der Waals surface area (Å²) in [4.78, 5) is 8.40. The first-order valence-electron chi connectivity index (χ1n) is 5.93. The van der Waals surface area contributed by atoms with Gasteiger partial charge in [0.05, 0.1) is 22.4 Å². The van der Waals surface area contributed by atoms with Crippen LogP contribution in [0.5, 0.6) is 0 Å². The molecular formula is C15H9Cl2FN2. The van der Waals surface area contributed by atoms with Gasteiger partial charge in [-0.25, -0.2) is 14.4 Å². The SMILES string of the molecule is Cc1cccc(F)c1-c1cc(Cl)c2cc(Cl)ncc2n1. The third kappa shape index (κ3) is 2.23. The largest absolute Gasteiger partial charge is 0.246 e. The topological polar surface area (TPSA) is 25.8 Å². The first-order valence-corrected chi connectivity index (χ1v) is 6.69. The molecule has 2 aromatic heterocycles. The van der Waals surface area contributed by atoms with Gasteiger partial charge in [-0.05, 0) is 30.7 Å². The highest BCUT2D eigenvalue weighted by Crippen LogP contribution is 2.31. The summed E-state index contributed by atoms with van der Waals surface area (Å²) in [7, 11) is 0. The van der Waals surface area contributed by atoms with E-state index in [1.807, 2.05) is 13.0 Å². The van der Waals surface area contributed by atoms with Gasteiger partial charge >= 0.3 is 0 Å². The van der Waals surface area contributed by atoms with Crippen LogP contribution in [-0.4, -0.2) is 9.97 Å². The van der Waals surface area contributed by atoms with Crippen LogP contribution < -0.4 is 0 Å². The zero-order chi connectivity index (χ0) is 14.3. The van der Waals surface area contributed by atoms with E-state index in [1.165, 1.54) is 12.3 Å². The average Bonchev–Trinajstić information content (AvgIpc) is 2.39. The lowest BCUT2D eigenvalue weighted by atomic mass is 10.0. The number of aryl methyl sites for hydroxylation is 1. The van der Waals surface area contributed by atoms with Crippen LogP contribution in [0.1, 0.15) is 5.56 Å². The minimum absolute atomic E-state index is 0.324. The Morgan fingerprint density at radius 3 is 2.70 bits per heavy atom. The number of benzene rings is 1. The predicted octanol–water partition coefficient (Wildman–Crippen LogP) is 5.05. The van der Waals surface area contributed by atoms with Crippen LogP contribution in [0.3, 0.4) is 0 Å². The highest BCUT2D eigenvalue weighted by molar-refractivity contribution is 6.36. The number of aromatic nitrogens is 2. The molecule has 3 aromatic rings. The highest BCUT2D eigenvalue weighted by atomic mass is 35.5. The smallest absolute Gasteiger partial charge is 0.132 e. The number of rotatable bonds is 1. The Morgan fingerprint density at radius 1 is 1.15 bits per heavy atom. The van der Waals surface area contributed by atoms with Gasteiger partial charge in [-0.3, -0.25) is 0 Å². The molecule has 0 aliphatic rings. The maximum atomic E-state index is 14.0. The molecule has 0 atom stereocenters. The molecule has 1 aromatic carbocycles. The molecule has 0 saturated heterocycles. The molecule has 0 saturated carbocycles. The van der Waals surface area contributed by atoms with E-state index in [0.29, 0.717) is 32.3 Å². The van der Waals surface area contributed by atoms with Crippen LogP contribution in [0.4, 0.5) is 4.39 Å². The lowest BCUT2D eigenvalue weighted by molar-refractivity contribution is 0.630. The minimum atomic E-state index is -0.324. The third-order valence-electron chi connectivity index (χ3n) is 3.09. The van der Waals surface area contributed by atoms with E-state index < -0.39 is 0 Å². The van der Waals surface area contributed by atoms with Crippen molar-refractivity contribution in [1.29, 1.82) is 0 Å². The van der Waals surface area contributed by atoms with E-state index in [1.54, 1.807) is 18.2 Å². The molecule has 0 spiro atoms. The van der Waals surface area contributed by atoms with Gasteiger partial charge in [0.25, 0.3) is 0 Å². The molecule has 0 fully saturated rings. The fraction of sp³-hybridized carbons (Fsp3) is 0.0667. The van der Waals surface area contributed by atoms with E-state index in [2.05, 4.69) is 9.97 Å². The maximum absolute atomic E-state index is 14.0. The lowest BCUT2D eigenvalue weighted by Crippen LogP contribution is -1.93. The number of halogens is 3. The van der Waals surface area contributed by atoms with Crippen molar-refractivity contribution >= 4 is 34.1 Å². The van der Waals surface area contributed by atoms with Crippen molar-refractivity contribution < 1.29 is 4.39 Å². The molecule has 0 aliphatic carbocycles. The second kappa shape index (κ2) is 5.00. The van der Waals surface area contributed by atoms with Crippen molar-refractivity contribution in [3.05, 3.63) is 58.1 Å². The van der Waals surface area contributed by atoms with Crippen LogP contribution in [0.25, 0.3) is 22.2 Å². The molecule has 0 amide bonds. The summed E-state index contributed by atoms with van der Waals surface area (Å²) in [5, 5.41) is 1.51. The molecule has 0 unspecified atom stereocenters. The highest BCUT2D eigenvalue weighted by Gasteiger charge is 2.12. The summed E-state index contributed by atoms with van der Waals surface area (Å²) in [5.41, 5.74) is 2.32. The third-order valence-corrected chi connectivity index (χ3v) is 3.61. The molecular weight excluding hydrogens is 298 g/mol. The van der Waals surface area contributed by atoms with Crippen molar-refractivity contribution in [2.75, 3.05) is 0 Å². The lowest BCUT2D eigenvalue weighted by Gasteiger charge is -2.09. The fourth-order valence-electron chi connectivity index (χ4n) is 2.15. The van der Waals surface area contributed by atoms with Crippen molar-refractivity contribution in [2.24, 2.45) is 0 Å². The first kappa shape index (κ1) is 13.3. The molecule has 20 heavy (non-hydrogen) atoms. The molecule has 0 N–H and O–H groups in total. The van der Waals surface area contributed by atoms with Gasteiger partial charge < -0.3 is 0 Å². The number of fused-ring (bicyclic) bond motifs is 1. The maximum Gasteiger partial charge on any atom is 0.132 e. The van der Waals surface area contributed by atoms with E-state index in [9.17, 15) is 4.39 Å². The number of nitrogens with zero attached hydrogens (tertiary/aromatic N) is 2. The van der Waals surface area contributed by atoms with E-state index >= 15 is 0 Å². The van der Waals surface area contributed by atoms with Crippen molar-refractivity contribution in [1.82, 2.24) is 9.97 Å². The molecule has 5 heteroatoms. The van der Waals surface area contributed by atoms with Gasteiger partial charge in [-0.2, -0.15) is 0 Å².